The number of likely N-dealkylation sites (tertiary alicyclic amines) is 1. The maximum atomic E-state index is 13.0. The highest BCUT2D eigenvalue weighted by atomic mass is 19.4. The van der Waals surface area contributed by atoms with Gasteiger partial charge in [-0.05, 0) is 18.1 Å². The Morgan fingerprint density at radius 1 is 1.38 bits per heavy atom. The van der Waals surface area contributed by atoms with Gasteiger partial charge < -0.3 is 10.2 Å². The molecule has 2 amide bonds. The molecule has 7 heteroatoms. The molecule has 1 aliphatic heterocycles. The fraction of sp³-hybridized carbons (Fsp3) is 0.412. The molecule has 1 saturated heterocycles. The Kier molecular flexibility index (Phi) is 5.64. The van der Waals surface area contributed by atoms with Crippen LogP contribution in [0.3, 0.4) is 0 Å². The summed E-state index contributed by atoms with van der Waals surface area (Å²) >= 11 is 0. The Balaban J connectivity index is 2.01. The van der Waals surface area contributed by atoms with Gasteiger partial charge in [-0.15, -0.1) is 6.58 Å². The van der Waals surface area contributed by atoms with Crippen LogP contribution in [0.4, 0.5) is 13.2 Å². The highest BCUT2D eigenvalue weighted by Crippen LogP contribution is 2.32. The van der Waals surface area contributed by atoms with Gasteiger partial charge in [0.15, 0.2) is 0 Å². The van der Waals surface area contributed by atoms with Crippen LogP contribution >= 0.6 is 0 Å². The van der Waals surface area contributed by atoms with E-state index in [2.05, 4.69) is 11.9 Å². The lowest BCUT2D eigenvalue weighted by Gasteiger charge is -2.20. The number of hydrogen-bond acceptors (Lipinski definition) is 2. The van der Waals surface area contributed by atoms with Crippen LogP contribution in [0, 0.1) is 0 Å². The van der Waals surface area contributed by atoms with E-state index in [1.54, 1.807) is 6.08 Å². The first-order valence-electron chi connectivity index (χ1n) is 7.64. The molecule has 1 fully saturated rings. The molecule has 4 nitrogen and oxygen atoms in total. The SMILES string of the molecule is C=CCCC(=O)N[C@@H]1CC(=O)N(Cc2ccccc2C(F)(F)F)C1. The normalized spacial score (nSPS) is 17.9. The fourth-order valence-corrected chi connectivity index (χ4v) is 2.70. The lowest BCUT2D eigenvalue weighted by Crippen LogP contribution is -2.36. The molecule has 2 rings (SSSR count). The summed E-state index contributed by atoms with van der Waals surface area (Å²) in [4.78, 5) is 25.1. The average Bonchev–Trinajstić information content (AvgIpc) is 2.84. The van der Waals surface area contributed by atoms with Crippen molar-refractivity contribution in [1.29, 1.82) is 0 Å². The summed E-state index contributed by atoms with van der Waals surface area (Å²) in [6, 6.07) is 4.84. The highest BCUT2D eigenvalue weighted by molar-refractivity contribution is 5.82. The lowest BCUT2D eigenvalue weighted by atomic mass is 10.1. The van der Waals surface area contributed by atoms with Crippen LogP contribution < -0.4 is 5.32 Å². The first-order valence-corrected chi connectivity index (χ1v) is 7.64. The Morgan fingerprint density at radius 2 is 2.08 bits per heavy atom. The van der Waals surface area contributed by atoms with Crippen molar-refractivity contribution in [2.75, 3.05) is 6.54 Å². The van der Waals surface area contributed by atoms with E-state index >= 15 is 0 Å². The zero-order valence-electron chi connectivity index (χ0n) is 13.1. The molecule has 0 aromatic heterocycles. The Bertz CT molecular complexity index is 629. The smallest absolute Gasteiger partial charge is 0.351 e. The van der Waals surface area contributed by atoms with Gasteiger partial charge in [0.05, 0.1) is 11.6 Å². The van der Waals surface area contributed by atoms with E-state index in [9.17, 15) is 22.8 Å². The van der Waals surface area contributed by atoms with Gasteiger partial charge in [0, 0.05) is 25.9 Å². The van der Waals surface area contributed by atoms with Crippen molar-refractivity contribution in [2.45, 2.75) is 38.0 Å². The third-order valence-corrected chi connectivity index (χ3v) is 3.84. The van der Waals surface area contributed by atoms with E-state index in [4.69, 9.17) is 0 Å². The number of carbonyl (C=O) groups excluding carboxylic acids is 2. The molecule has 1 atom stereocenters. The van der Waals surface area contributed by atoms with Gasteiger partial charge in [-0.2, -0.15) is 13.2 Å². The van der Waals surface area contributed by atoms with Gasteiger partial charge >= 0.3 is 6.18 Å². The molecular weight excluding hydrogens is 321 g/mol. The van der Waals surface area contributed by atoms with Gasteiger partial charge in [0.25, 0.3) is 0 Å². The van der Waals surface area contributed by atoms with E-state index in [0.29, 0.717) is 6.42 Å². The van der Waals surface area contributed by atoms with Crippen LogP contribution in [0.25, 0.3) is 0 Å². The van der Waals surface area contributed by atoms with E-state index in [-0.39, 0.29) is 49.4 Å². The average molecular weight is 340 g/mol. The zero-order chi connectivity index (χ0) is 17.7. The number of allylic oxidation sites excluding steroid dienone is 1. The second-order valence-electron chi connectivity index (χ2n) is 5.73. The van der Waals surface area contributed by atoms with Gasteiger partial charge in [-0.1, -0.05) is 24.3 Å². The Hall–Kier alpha value is -2.31. The number of amides is 2. The molecule has 0 bridgehead atoms. The molecule has 0 unspecified atom stereocenters. The van der Waals surface area contributed by atoms with Crippen molar-refractivity contribution < 1.29 is 22.8 Å². The summed E-state index contributed by atoms with van der Waals surface area (Å²) in [5, 5.41) is 2.73. The van der Waals surface area contributed by atoms with Crippen molar-refractivity contribution in [1.82, 2.24) is 10.2 Å². The topological polar surface area (TPSA) is 49.4 Å². The predicted octanol–water partition coefficient (Wildman–Crippen LogP) is 2.89. The van der Waals surface area contributed by atoms with Crippen molar-refractivity contribution in [3.05, 3.63) is 48.0 Å². The molecule has 0 aliphatic carbocycles. The minimum atomic E-state index is -4.46. The quantitative estimate of drug-likeness (QED) is 0.810. The maximum Gasteiger partial charge on any atom is 0.416 e. The third kappa shape index (κ3) is 4.59. The van der Waals surface area contributed by atoms with Crippen molar-refractivity contribution >= 4 is 11.8 Å². The first kappa shape index (κ1) is 18.0. The molecule has 0 radical (unpaired) electrons. The molecular formula is C17H19F3N2O2. The molecule has 1 aliphatic rings. The van der Waals surface area contributed by atoms with E-state index < -0.39 is 11.7 Å². The number of rotatable bonds is 6. The largest absolute Gasteiger partial charge is 0.416 e. The van der Waals surface area contributed by atoms with Gasteiger partial charge in [-0.3, -0.25) is 9.59 Å². The van der Waals surface area contributed by atoms with Gasteiger partial charge in [0.2, 0.25) is 11.8 Å². The number of benzene rings is 1. The van der Waals surface area contributed by atoms with Crippen LogP contribution in [-0.4, -0.2) is 29.3 Å². The van der Waals surface area contributed by atoms with E-state index in [0.717, 1.165) is 6.07 Å². The van der Waals surface area contributed by atoms with Gasteiger partial charge in [-0.25, -0.2) is 0 Å². The summed E-state index contributed by atoms with van der Waals surface area (Å²) in [6.45, 7) is 3.62. The zero-order valence-corrected chi connectivity index (χ0v) is 13.1. The minimum absolute atomic E-state index is 0.0528. The summed E-state index contributed by atoms with van der Waals surface area (Å²) in [5.41, 5.74) is -0.687. The standard InChI is InChI=1S/C17H19F3N2O2/c1-2-3-8-15(23)21-13-9-16(24)22(11-13)10-12-6-4-5-7-14(12)17(18,19)20/h2,4-7,13H,1,3,8-11H2,(H,21,23)/t13-/m1/s1. The second kappa shape index (κ2) is 7.51. The van der Waals surface area contributed by atoms with Crippen molar-refractivity contribution in [3.63, 3.8) is 0 Å². The maximum absolute atomic E-state index is 13.0. The first-order chi connectivity index (χ1) is 11.3. The van der Waals surface area contributed by atoms with Crippen LogP contribution in [0.5, 0.6) is 0 Å². The highest BCUT2D eigenvalue weighted by Gasteiger charge is 2.35. The molecule has 0 saturated carbocycles. The number of hydrogen-bond donors (Lipinski definition) is 1. The monoisotopic (exact) mass is 340 g/mol. The minimum Gasteiger partial charge on any atom is -0.351 e. The van der Waals surface area contributed by atoms with Gasteiger partial charge in [0.1, 0.15) is 0 Å². The molecule has 1 N–H and O–H groups in total. The molecule has 0 spiro atoms. The van der Waals surface area contributed by atoms with Crippen molar-refractivity contribution in [3.8, 4) is 0 Å². The lowest BCUT2D eigenvalue weighted by molar-refractivity contribution is -0.139. The van der Waals surface area contributed by atoms with E-state index in [1.165, 1.54) is 23.1 Å². The Labute approximate surface area is 138 Å². The van der Waals surface area contributed by atoms with Crippen LogP contribution in [0.2, 0.25) is 0 Å². The summed E-state index contributed by atoms with van der Waals surface area (Å²) in [5.74, 6) is -0.453. The summed E-state index contributed by atoms with van der Waals surface area (Å²) < 4.78 is 39.1. The molecule has 130 valence electrons. The van der Waals surface area contributed by atoms with E-state index in [1.807, 2.05) is 0 Å². The number of nitrogens with one attached hydrogen (secondary N) is 1. The fourth-order valence-electron chi connectivity index (χ4n) is 2.70. The molecule has 1 aromatic rings. The number of alkyl halides is 3. The number of halogens is 3. The summed E-state index contributed by atoms with van der Waals surface area (Å²) in [6.07, 6.45) is -1.91. The number of carbonyl (C=O) groups is 2. The molecule has 1 aromatic carbocycles. The summed E-state index contributed by atoms with van der Waals surface area (Å²) in [7, 11) is 0. The Morgan fingerprint density at radius 3 is 2.75 bits per heavy atom. The van der Waals surface area contributed by atoms with Crippen molar-refractivity contribution in [2.24, 2.45) is 0 Å². The molecule has 1 heterocycles. The number of nitrogens with zero attached hydrogens (tertiary/aromatic N) is 1. The second-order valence-corrected chi connectivity index (χ2v) is 5.73. The van der Waals surface area contributed by atoms with Crippen LogP contribution in [-0.2, 0) is 22.3 Å². The van der Waals surface area contributed by atoms with Crippen LogP contribution in [0.1, 0.15) is 30.4 Å². The predicted molar refractivity (Wildman–Crippen MR) is 82.8 cm³/mol. The third-order valence-electron chi connectivity index (χ3n) is 3.84. The van der Waals surface area contributed by atoms with Crippen LogP contribution in [0.15, 0.2) is 36.9 Å². The molecule has 24 heavy (non-hydrogen) atoms.